The summed E-state index contributed by atoms with van der Waals surface area (Å²) in [5.41, 5.74) is 2.48. The van der Waals surface area contributed by atoms with Crippen LogP contribution < -0.4 is 10.1 Å². The Balaban J connectivity index is 1.66. The molecule has 0 unspecified atom stereocenters. The molecule has 0 aliphatic rings. The molecule has 4 heteroatoms. The summed E-state index contributed by atoms with van der Waals surface area (Å²) in [5, 5.41) is 12.7. The Morgan fingerprint density at radius 2 is 1.77 bits per heavy atom. The van der Waals surface area contributed by atoms with Gasteiger partial charge in [-0.2, -0.15) is 0 Å². The predicted molar refractivity (Wildman–Crippen MR) is 103 cm³/mol. The fraction of sp³-hybridized carbons (Fsp3) is 0.136. The van der Waals surface area contributed by atoms with E-state index in [9.17, 15) is 9.90 Å². The van der Waals surface area contributed by atoms with Crippen molar-refractivity contribution >= 4 is 11.6 Å². The number of hydrogen-bond acceptors (Lipinski definition) is 3. The third-order valence-electron chi connectivity index (χ3n) is 3.99. The summed E-state index contributed by atoms with van der Waals surface area (Å²) in [6.45, 7) is 2.00. The molecule has 3 rings (SSSR count). The van der Waals surface area contributed by atoms with Crippen molar-refractivity contribution in [3.05, 3.63) is 83.9 Å². The molecule has 2 N–H and O–H groups in total. The topological polar surface area (TPSA) is 58.6 Å². The number of nitrogens with one attached hydrogen (secondary N) is 1. The van der Waals surface area contributed by atoms with E-state index in [0.717, 1.165) is 16.9 Å². The number of hydrogen-bond donors (Lipinski definition) is 2. The highest BCUT2D eigenvalue weighted by Crippen LogP contribution is 2.30. The summed E-state index contributed by atoms with van der Waals surface area (Å²) in [6, 6.07) is 22.1. The molecule has 0 atom stereocenters. The Morgan fingerprint density at radius 3 is 2.58 bits per heavy atom. The lowest BCUT2D eigenvalue weighted by Gasteiger charge is -2.12. The zero-order valence-electron chi connectivity index (χ0n) is 14.6. The van der Waals surface area contributed by atoms with Gasteiger partial charge in [0.25, 0.3) is 0 Å². The van der Waals surface area contributed by atoms with Crippen LogP contribution in [-0.2, 0) is 11.2 Å². The van der Waals surface area contributed by atoms with Crippen LogP contribution in [0.5, 0.6) is 17.2 Å². The van der Waals surface area contributed by atoms with Crippen LogP contribution in [0.2, 0.25) is 0 Å². The quantitative estimate of drug-likeness (QED) is 0.655. The SMILES string of the molecule is Cc1cccc(Oc2ccccc2NC(=O)CCc2ccccc2O)c1. The fourth-order valence-electron chi connectivity index (χ4n) is 2.65. The van der Waals surface area contributed by atoms with Crippen molar-refractivity contribution in [2.45, 2.75) is 19.8 Å². The van der Waals surface area contributed by atoms with Crippen LogP contribution in [0.3, 0.4) is 0 Å². The van der Waals surface area contributed by atoms with E-state index in [-0.39, 0.29) is 18.1 Å². The highest BCUT2D eigenvalue weighted by atomic mass is 16.5. The number of benzene rings is 3. The summed E-state index contributed by atoms with van der Waals surface area (Å²) in [5.74, 6) is 1.40. The third-order valence-corrected chi connectivity index (χ3v) is 3.99. The summed E-state index contributed by atoms with van der Waals surface area (Å²) in [6.07, 6.45) is 0.746. The summed E-state index contributed by atoms with van der Waals surface area (Å²) < 4.78 is 5.92. The van der Waals surface area contributed by atoms with Crippen LogP contribution >= 0.6 is 0 Å². The molecule has 26 heavy (non-hydrogen) atoms. The van der Waals surface area contributed by atoms with Crippen molar-refractivity contribution in [2.24, 2.45) is 0 Å². The first-order chi connectivity index (χ1) is 12.6. The van der Waals surface area contributed by atoms with E-state index in [1.165, 1.54) is 0 Å². The number of phenolic OH excluding ortho intramolecular Hbond substituents is 1. The zero-order chi connectivity index (χ0) is 18.4. The van der Waals surface area contributed by atoms with Gasteiger partial charge in [-0.25, -0.2) is 0 Å². The number of aryl methyl sites for hydroxylation is 2. The van der Waals surface area contributed by atoms with Crippen LogP contribution in [0.25, 0.3) is 0 Å². The Hall–Kier alpha value is -3.27. The van der Waals surface area contributed by atoms with E-state index < -0.39 is 0 Å². The molecular weight excluding hydrogens is 326 g/mol. The van der Waals surface area contributed by atoms with Gasteiger partial charge in [0.1, 0.15) is 11.5 Å². The van der Waals surface area contributed by atoms with Crippen molar-refractivity contribution in [3.63, 3.8) is 0 Å². The normalized spacial score (nSPS) is 10.3. The maximum atomic E-state index is 12.3. The highest BCUT2D eigenvalue weighted by Gasteiger charge is 2.10. The Labute approximate surface area is 153 Å². The molecule has 0 saturated carbocycles. The van der Waals surface area contributed by atoms with Gasteiger partial charge in [-0.05, 0) is 54.8 Å². The lowest BCUT2D eigenvalue weighted by Crippen LogP contribution is -2.13. The first-order valence-corrected chi connectivity index (χ1v) is 8.52. The molecule has 0 fully saturated rings. The zero-order valence-corrected chi connectivity index (χ0v) is 14.6. The molecule has 0 spiro atoms. The first kappa shape index (κ1) is 17.5. The molecule has 0 bridgehead atoms. The van der Waals surface area contributed by atoms with Crippen LogP contribution in [0.15, 0.2) is 72.8 Å². The van der Waals surface area contributed by atoms with Crippen LogP contribution in [0.1, 0.15) is 17.5 Å². The number of carbonyl (C=O) groups is 1. The van der Waals surface area contributed by atoms with Gasteiger partial charge in [0.05, 0.1) is 5.69 Å². The number of carbonyl (C=O) groups excluding carboxylic acids is 1. The minimum Gasteiger partial charge on any atom is -0.508 e. The summed E-state index contributed by atoms with van der Waals surface area (Å²) >= 11 is 0. The number of ether oxygens (including phenoxy) is 1. The van der Waals surface area contributed by atoms with Gasteiger partial charge in [0, 0.05) is 6.42 Å². The lowest BCUT2D eigenvalue weighted by atomic mass is 10.1. The second-order valence-corrected chi connectivity index (χ2v) is 6.09. The second-order valence-electron chi connectivity index (χ2n) is 6.09. The molecule has 132 valence electrons. The van der Waals surface area contributed by atoms with E-state index in [0.29, 0.717) is 17.9 Å². The van der Waals surface area contributed by atoms with E-state index in [1.54, 1.807) is 12.1 Å². The van der Waals surface area contributed by atoms with E-state index in [4.69, 9.17) is 4.74 Å². The third kappa shape index (κ3) is 4.63. The van der Waals surface area contributed by atoms with E-state index >= 15 is 0 Å². The first-order valence-electron chi connectivity index (χ1n) is 8.52. The van der Waals surface area contributed by atoms with Crippen molar-refractivity contribution in [1.82, 2.24) is 0 Å². The fourth-order valence-corrected chi connectivity index (χ4v) is 2.65. The van der Waals surface area contributed by atoms with Gasteiger partial charge in [-0.3, -0.25) is 4.79 Å². The van der Waals surface area contributed by atoms with Crippen molar-refractivity contribution in [1.29, 1.82) is 0 Å². The molecule has 3 aromatic rings. The number of para-hydroxylation sites is 3. The van der Waals surface area contributed by atoms with Crippen LogP contribution in [-0.4, -0.2) is 11.0 Å². The molecular formula is C22H21NO3. The van der Waals surface area contributed by atoms with Gasteiger partial charge < -0.3 is 15.2 Å². The largest absolute Gasteiger partial charge is 0.508 e. The minimum atomic E-state index is -0.131. The van der Waals surface area contributed by atoms with Gasteiger partial charge in [0.2, 0.25) is 5.91 Å². The van der Waals surface area contributed by atoms with Crippen LogP contribution in [0, 0.1) is 6.92 Å². The van der Waals surface area contributed by atoms with Crippen molar-refractivity contribution < 1.29 is 14.6 Å². The number of rotatable bonds is 6. The maximum Gasteiger partial charge on any atom is 0.224 e. The smallest absolute Gasteiger partial charge is 0.224 e. The maximum absolute atomic E-state index is 12.3. The van der Waals surface area contributed by atoms with Gasteiger partial charge in [-0.15, -0.1) is 0 Å². The number of phenols is 1. The molecule has 0 radical (unpaired) electrons. The molecule has 4 nitrogen and oxygen atoms in total. The summed E-state index contributed by atoms with van der Waals surface area (Å²) in [4.78, 5) is 12.3. The van der Waals surface area contributed by atoms with Crippen LogP contribution in [0.4, 0.5) is 5.69 Å². The molecule has 0 aliphatic carbocycles. The molecule has 1 amide bonds. The monoisotopic (exact) mass is 347 g/mol. The lowest BCUT2D eigenvalue weighted by molar-refractivity contribution is -0.116. The molecule has 0 heterocycles. The van der Waals surface area contributed by atoms with Gasteiger partial charge in [-0.1, -0.05) is 42.5 Å². The standard InChI is InChI=1S/C22H21NO3/c1-16-7-6-9-18(15-16)26-21-12-5-3-10-19(21)23-22(25)14-13-17-8-2-4-11-20(17)24/h2-12,15,24H,13-14H2,1H3,(H,23,25). The Bertz CT molecular complexity index is 905. The van der Waals surface area contributed by atoms with Crippen molar-refractivity contribution in [2.75, 3.05) is 5.32 Å². The minimum absolute atomic E-state index is 0.131. The average Bonchev–Trinajstić information content (AvgIpc) is 2.63. The number of aromatic hydroxyl groups is 1. The Kier molecular flexibility index (Phi) is 5.54. The highest BCUT2D eigenvalue weighted by molar-refractivity contribution is 5.92. The Morgan fingerprint density at radius 1 is 1.00 bits per heavy atom. The van der Waals surface area contributed by atoms with E-state index in [2.05, 4.69) is 5.32 Å². The predicted octanol–water partition coefficient (Wildman–Crippen LogP) is 5.06. The number of anilines is 1. The van der Waals surface area contributed by atoms with Crippen molar-refractivity contribution in [3.8, 4) is 17.2 Å². The summed E-state index contributed by atoms with van der Waals surface area (Å²) in [7, 11) is 0. The second kappa shape index (κ2) is 8.21. The molecule has 0 saturated heterocycles. The average molecular weight is 347 g/mol. The molecule has 0 aromatic heterocycles. The van der Waals surface area contributed by atoms with Gasteiger partial charge in [0.15, 0.2) is 5.75 Å². The van der Waals surface area contributed by atoms with E-state index in [1.807, 2.05) is 67.6 Å². The van der Waals surface area contributed by atoms with Gasteiger partial charge >= 0.3 is 0 Å². The molecule has 3 aromatic carbocycles. The molecule has 0 aliphatic heterocycles. The number of amides is 1.